The number of guanidine groups is 1. The Morgan fingerprint density at radius 2 is 1.88 bits per heavy atom. The molecule has 1 heterocycles. The summed E-state index contributed by atoms with van der Waals surface area (Å²) in [6.07, 6.45) is 0.700. The molecule has 0 radical (unpaired) electrons. The predicted molar refractivity (Wildman–Crippen MR) is 127 cm³/mol. The highest BCUT2D eigenvalue weighted by Gasteiger charge is 2.13. The molecule has 6 nitrogen and oxygen atoms in total. The topological polar surface area (TPSA) is 71.3 Å². The minimum atomic E-state index is -0.461. The molecule has 0 fully saturated rings. The predicted octanol–water partition coefficient (Wildman–Crippen LogP) is 4.72. The van der Waals surface area contributed by atoms with Crippen LogP contribution in [0.3, 0.4) is 0 Å². The molecule has 1 amide bonds. The highest BCUT2D eigenvalue weighted by Crippen LogP contribution is 2.18. The van der Waals surface area contributed by atoms with Gasteiger partial charge in [-0.05, 0) is 82.0 Å². The van der Waals surface area contributed by atoms with E-state index in [4.69, 9.17) is 0 Å². The van der Waals surface area contributed by atoms with Crippen LogP contribution in [0.25, 0.3) is 0 Å². The highest BCUT2D eigenvalue weighted by molar-refractivity contribution is 6.10. The fraction of sp³-hybridized carbons (Fsp3) is 0.320. The SMILES string of the molecule is CCn1nc(C)c(CCN=C(NC(=O)c2cccc(F)c2)Nc2cccc(C)c2C)c1C. The summed E-state index contributed by atoms with van der Waals surface area (Å²) in [6.45, 7) is 11.4. The number of carbonyl (C=O) groups excluding carboxylic acids is 1. The minimum absolute atomic E-state index is 0.233. The van der Waals surface area contributed by atoms with Crippen LogP contribution in [0.2, 0.25) is 0 Å². The van der Waals surface area contributed by atoms with Crippen LogP contribution in [0.4, 0.5) is 10.1 Å². The third-order valence-corrected chi connectivity index (χ3v) is 5.64. The van der Waals surface area contributed by atoms with Crippen LogP contribution in [0.5, 0.6) is 0 Å². The molecule has 0 aliphatic heterocycles. The van der Waals surface area contributed by atoms with E-state index in [1.807, 2.05) is 43.7 Å². The summed E-state index contributed by atoms with van der Waals surface area (Å²) < 4.78 is 15.6. The van der Waals surface area contributed by atoms with Crippen LogP contribution in [-0.4, -0.2) is 28.2 Å². The van der Waals surface area contributed by atoms with Crippen LogP contribution in [0.1, 0.15) is 45.4 Å². The van der Waals surface area contributed by atoms with E-state index in [-0.39, 0.29) is 5.56 Å². The molecule has 7 heteroatoms. The maximum Gasteiger partial charge on any atom is 0.258 e. The molecule has 0 aliphatic carbocycles. The third kappa shape index (κ3) is 5.41. The number of amides is 1. The van der Waals surface area contributed by atoms with Gasteiger partial charge in [0.15, 0.2) is 0 Å². The lowest BCUT2D eigenvalue weighted by Gasteiger charge is -2.15. The van der Waals surface area contributed by atoms with Crippen molar-refractivity contribution < 1.29 is 9.18 Å². The molecule has 0 aliphatic rings. The van der Waals surface area contributed by atoms with Crippen LogP contribution in [0.15, 0.2) is 47.5 Å². The van der Waals surface area contributed by atoms with Gasteiger partial charge in [0.2, 0.25) is 5.96 Å². The summed E-state index contributed by atoms with van der Waals surface area (Å²) in [7, 11) is 0. The molecule has 2 N–H and O–H groups in total. The van der Waals surface area contributed by atoms with Crippen LogP contribution in [-0.2, 0) is 13.0 Å². The van der Waals surface area contributed by atoms with Gasteiger partial charge in [0, 0.05) is 30.0 Å². The summed E-state index contributed by atoms with van der Waals surface area (Å²) in [4.78, 5) is 17.4. The zero-order valence-corrected chi connectivity index (χ0v) is 19.3. The largest absolute Gasteiger partial charge is 0.326 e. The Hall–Kier alpha value is -3.48. The van der Waals surface area contributed by atoms with Crippen LogP contribution >= 0.6 is 0 Å². The first-order valence-electron chi connectivity index (χ1n) is 10.8. The number of aliphatic imine (C=N–C) groups is 1. The molecule has 0 saturated carbocycles. The van der Waals surface area contributed by atoms with Crippen molar-refractivity contribution in [1.82, 2.24) is 15.1 Å². The van der Waals surface area contributed by atoms with E-state index in [1.165, 1.54) is 18.2 Å². The van der Waals surface area contributed by atoms with E-state index in [1.54, 1.807) is 6.07 Å². The molecule has 0 bridgehead atoms. The van der Waals surface area contributed by atoms with E-state index in [0.29, 0.717) is 18.9 Å². The molecule has 168 valence electrons. The number of nitrogens with one attached hydrogen (secondary N) is 2. The summed E-state index contributed by atoms with van der Waals surface area (Å²) in [5, 5.41) is 10.6. The number of nitrogens with zero attached hydrogens (tertiary/aromatic N) is 3. The van der Waals surface area contributed by atoms with E-state index in [2.05, 4.69) is 34.6 Å². The van der Waals surface area contributed by atoms with E-state index < -0.39 is 11.7 Å². The number of aryl methyl sites for hydroxylation is 3. The highest BCUT2D eigenvalue weighted by atomic mass is 19.1. The molecule has 3 aromatic rings. The van der Waals surface area contributed by atoms with Crippen molar-refractivity contribution in [2.45, 2.75) is 47.6 Å². The number of benzene rings is 2. The van der Waals surface area contributed by atoms with E-state index >= 15 is 0 Å². The Balaban J connectivity index is 1.83. The number of hydrogen-bond donors (Lipinski definition) is 2. The second-order valence-corrected chi connectivity index (χ2v) is 7.78. The van der Waals surface area contributed by atoms with Gasteiger partial charge in [0.05, 0.1) is 5.69 Å². The monoisotopic (exact) mass is 435 g/mol. The molecule has 0 spiro atoms. The third-order valence-electron chi connectivity index (χ3n) is 5.64. The molecule has 0 unspecified atom stereocenters. The Morgan fingerprint density at radius 3 is 2.56 bits per heavy atom. The Morgan fingerprint density at radius 1 is 1.12 bits per heavy atom. The normalized spacial score (nSPS) is 11.5. The molecular weight excluding hydrogens is 405 g/mol. The summed E-state index contributed by atoms with van der Waals surface area (Å²) in [6, 6.07) is 11.5. The quantitative estimate of drug-likeness (QED) is 0.435. The van der Waals surface area contributed by atoms with Gasteiger partial charge in [0.25, 0.3) is 5.91 Å². The minimum Gasteiger partial charge on any atom is -0.326 e. The van der Waals surface area contributed by atoms with Crippen molar-refractivity contribution in [3.8, 4) is 0 Å². The molecule has 3 rings (SSSR count). The Labute approximate surface area is 188 Å². The van der Waals surface area contributed by atoms with Crippen molar-refractivity contribution >= 4 is 17.6 Å². The van der Waals surface area contributed by atoms with Crippen molar-refractivity contribution in [3.05, 3.63) is 81.9 Å². The first-order chi connectivity index (χ1) is 15.3. The molecule has 0 atom stereocenters. The zero-order valence-electron chi connectivity index (χ0n) is 19.3. The average molecular weight is 436 g/mol. The van der Waals surface area contributed by atoms with Gasteiger partial charge in [-0.3, -0.25) is 19.8 Å². The van der Waals surface area contributed by atoms with E-state index in [9.17, 15) is 9.18 Å². The summed E-state index contributed by atoms with van der Waals surface area (Å²) in [5.41, 5.74) is 6.57. The molecule has 2 aromatic carbocycles. The van der Waals surface area contributed by atoms with Crippen molar-refractivity contribution in [2.24, 2.45) is 4.99 Å². The van der Waals surface area contributed by atoms with Gasteiger partial charge >= 0.3 is 0 Å². The molecule has 0 saturated heterocycles. The number of hydrogen-bond acceptors (Lipinski definition) is 3. The molecule has 1 aromatic heterocycles. The van der Waals surface area contributed by atoms with Gasteiger partial charge < -0.3 is 5.32 Å². The fourth-order valence-electron chi connectivity index (χ4n) is 3.62. The lowest BCUT2D eigenvalue weighted by Crippen LogP contribution is -2.36. The lowest BCUT2D eigenvalue weighted by molar-refractivity contribution is 0.0976. The first kappa shape index (κ1) is 23.2. The fourth-order valence-corrected chi connectivity index (χ4v) is 3.62. The Kier molecular flexibility index (Phi) is 7.41. The lowest BCUT2D eigenvalue weighted by atomic mass is 10.1. The van der Waals surface area contributed by atoms with Gasteiger partial charge in [-0.1, -0.05) is 18.2 Å². The number of aromatic nitrogens is 2. The zero-order chi connectivity index (χ0) is 23.3. The number of carbonyl (C=O) groups is 1. The standard InChI is InChI=1S/C25H30FN5O/c1-6-31-19(5)22(18(4)30-31)13-14-27-25(28-23-12-7-9-16(2)17(23)3)29-24(32)20-10-8-11-21(26)15-20/h7-12,15H,6,13-14H2,1-5H3,(H2,27,28,29,32). The van der Waals surface area contributed by atoms with Crippen molar-refractivity contribution in [3.63, 3.8) is 0 Å². The smallest absolute Gasteiger partial charge is 0.258 e. The average Bonchev–Trinajstić information content (AvgIpc) is 3.04. The maximum absolute atomic E-state index is 13.6. The molecular formula is C25H30FN5O. The summed E-state index contributed by atoms with van der Waals surface area (Å²) in [5.74, 6) is -0.559. The van der Waals surface area contributed by atoms with Crippen LogP contribution in [0, 0.1) is 33.5 Å². The van der Waals surface area contributed by atoms with Crippen molar-refractivity contribution in [1.29, 1.82) is 0 Å². The maximum atomic E-state index is 13.6. The summed E-state index contributed by atoms with van der Waals surface area (Å²) >= 11 is 0. The number of anilines is 1. The van der Waals surface area contributed by atoms with Crippen LogP contribution < -0.4 is 10.6 Å². The van der Waals surface area contributed by atoms with E-state index in [0.717, 1.165) is 40.3 Å². The first-order valence-corrected chi connectivity index (χ1v) is 10.8. The Bertz CT molecular complexity index is 1150. The van der Waals surface area contributed by atoms with Gasteiger partial charge in [-0.2, -0.15) is 5.10 Å². The second-order valence-electron chi connectivity index (χ2n) is 7.78. The van der Waals surface area contributed by atoms with Gasteiger partial charge in [0.1, 0.15) is 5.82 Å². The second kappa shape index (κ2) is 10.2. The molecule has 32 heavy (non-hydrogen) atoms. The van der Waals surface area contributed by atoms with Crippen molar-refractivity contribution in [2.75, 3.05) is 11.9 Å². The number of rotatable bonds is 6. The number of halogens is 1. The van der Waals surface area contributed by atoms with Gasteiger partial charge in [-0.15, -0.1) is 0 Å². The van der Waals surface area contributed by atoms with Gasteiger partial charge in [-0.25, -0.2) is 4.39 Å².